The summed E-state index contributed by atoms with van der Waals surface area (Å²) in [4.78, 5) is 27.7. The number of hydrogen-bond acceptors (Lipinski definition) is 13. The number of nitrogens with one attached hydrogen (secondary N) is 1. The van der Waals surface area contributed by atoms with Crippen molar-refractivity contribution < 1.29 is 19.0 Å². The van der Waals surface area contributed by atoms with Crippen molar-refractivity contribution in [1.82, 2.24) is 24.9 Å². The van der Waals surface area contributed by atoms with Crippen molar-refractivity contribution in [3.63, 3.8) is 0 Å². The molecular weight excluding hydrogens is 621 g/mol. The van der Waals surface area contributed by atoms with Crippen molar-refractivity contribution in [2.75, 3.05) is 55.0 Å². The maximum atomic E-state index is 14.5. The van der Waals surface area contributed by atoms with Gasteiger partial charge < -0.3 is 35.4 Å². The molecule has 0 aliphatic carbocycles. The predicted molar refractivity (Wildman–Crippen MR) is 171 cm³/mol. The second-order valence-corrected chi connectivity index (χ2v) is 13.3. The van der Waals surface area contributed by atoms with Crippen LogP contribution < -0.4 is 20.9 Å². The SMILES string of the molecule is CO[C@@H]1CCN(c2nccc(Nc3nccc(Sc4nc(CO)c(N5CCC6(CC5)CO[C@@H](C)[C@H]6N)nc4C)c3Cl)n2)C[C@@H]1F. The van der Waals surface area contributed by atoms with Gasteiger partial charge in [-0.3, -0.25) is 0 Å². The normalized spacial score (nSPS) is 24.8. The lowest BCUT2D eigenvalue weighted by molar-refractivity contribution is 0.0194. The number of aryl methyl sites for hydroxylation is 1. The number of aromatic nitrogens is 5. The van der Waals surface area contributed by atoms with E-state index >= 15 is 0 Å². The summed E-state index contributed by atoms with van der Waals surface area (Å²) in [5, 5.41) is 14.5. The zero-order valence-electron chi connectivity index (χ0n) is 25.6. The topological polar surface area (TPSA) is 148 Å². The highest BCUT2D eigenvalue weighted by atomic mass is 35.5. The van der Waals surface area contributed by atoms with Gasteiger partial charge in [0.05, 0.1) is 42.7 Å². The number of aliphatic hydroxyl groups is 1. The first kappa shape index (κ1) is 32.1. The molecule has 0 unspecified atom stereocenters. The summed E-state index contributed by atoms with van der Waals surface area (Å²) in [6.45, 7) is 6.68. The van der Waals surface area contributed by atoms with Gasteiger partial charge in [0, 0.05) is 55.5 Å². The molecule has 3 aliphatic rings. The van der Waals surface area contributed by atoms with Crippen LogP contribution in [0.4, 0.5) is 27.8 Å². The molecule has 0 saturated carbocycles. The van der Waals surface area contributed by atoms with Crippen molar-refractivity contribution >= 4 is 46.8 Å². The molecule has 15 heteroatoms. The molecule has 12 nitrogen and oxygen atoms in total. The van der Waals surface area contributed by atoms with Crippen LogP contribution in [0, 0.1) is 12.3 Å². The van der Waals surface area contributed by atoms with Crippen LogP contribution in [0.1, 0.15) is 37.6 Å². The Morgan fingerprint density at radius 2 is 1.96 bits per heavy atom. The molecule has 1 spiro atoms. The van der Waals surface area contributed by atoms with E-state index in [2.05, 4.69) is 25.2 Å². The Labute approximate surface area is 271 Å². The standard InChI is InChI=1S/C30H39ClFN9O3S/c1-17-28(37-20(15-42)27(36-17)40-12-7-30(8-13-40)16-44-18(2)25(30)33)45-22-4-9-34-26(24(22)31)38-23-5-10-35-29(39-23)41-11-6-21(43-3)19(32)14-41/h4-5,9-10,18-19,21,25,42H,6-8,11-16,33H2,1-3H3,(H,34,35,38,39)/t18-,19-,21+,25+/m0/s1. The van der Waals surface area contributed by atoms with Crippen molar-refractivity contribution in [3.8, 4) is 0 Å². The smallest absolute Gasteiger partial charge is 0.227 e. The molecule has 242 valence electrons. The lowest BCUT2D eigenvalue weighted by Gasteiger charge is -2.42. The fraction of sp³-hybridized carbons (Fsp3) is 0.567. The fourth-order valence-corrected chi connectivity index (χ4v) is 7.48. The zero-order valence-corrected chi connectivity index (χ0v) is 27.2. The molecule has 3 aromatic heterocycles. The molecule has 0 radical (unpaired) electrons. The van der Waals surface area contributed by atoms with Crippen LogP contribution in [0.2, 0.25) is 5.02 Å². The van der Waals surface area contributed by atoms with E-state index in [0.717, 1.165) is 31.6 Å². The van der Waals surface area contributed by atoms with Crippen LogP contribution in [-0.4, -0.2) is 94.3 Å². The molecule has 3 aromatic rings. The van der Waals surface area contributed by atoms with E-state index in [0.29, 0.717) is 63.6 Å². The maximum absolute atomic E-state index is 14.5. The molecule has 0 amide bonds. The number of nitrogens with zero attached hydrogens (tertiary/aromatic N) is 7. The number of methoxy groups -OCH3 is 1. The summed E-state index contributed by atoms with van der Waals surface area (Å²) in [5.74, 6) is 2.00. The number of aliphatic hydroxyl groups excluding tert-OH is 1. The molecule has 3 aliphatic heterocycles. The Balaban J connectivity index is 1.16. The van der Waals surface area contributed by atoms with Crippen LogP contribution >= 0.6 is 23.4 Å². The quantitative estimate of drug-likeness (QED) is 0.321. The summed E-state index contributed by atoms with van der Waals surface area (Å²) in [6, 6.07) is 3.53. The first-order valence-corrected chi connectivity index (χ1v) is 16.4. The average Bonchev–Trinajstić information content (AvgIpc) is 3.32. The molecule has 3 fully saturated rings. The van der Waals surface area contributed by atoms with Gasteiger partial charge in [-0.2, -0.15) is 4.98 Å². The summed E-state index contributed by atoms with van der Waals surface area (Å²) in [5.41, 5.74) is 7.74. The van der Waals surface area contributed by atoms with Gasteiger partial charge in [-0.15, -0.1) is 0 Å². The maximum Gasteiger partial charge on any atom is 0.227 e. The highest BCUT2D eigenvalue weighted by molar-refractivity contribution is 7.99. The summed E-state index contributed by atoms with van der Waals surface area (Å²) >= 11 is 8.17. The highest BCUT2D eigenvalue weighted by Crippen LogP contribution is 2.43. The van der Waals surface area contributed by atoms with E-state index < -0.39 is 12.3 Å². The van der Waals surface area contributed by atoms with Crippen molar-refractivity contribution in [2.45, 2.75) is 74.1 Å². The summed E-state index contributed by atoms with van der Waals surface area (Å²) < 4.78 is 25.6. The minimum absolute atomic E-state index is 0.0105. The largest absolute Gasteiger partial charge is 0.390 e. The van der Waals surface area contributed by atoms with Gasteiger partial charge in [-0.25, -0.2) is 24.3 Å². The number of anilines is 4. The van der Waals surface area contributed by atoms with E-state index in [1.54, 1.807) is 29.4 Å². The zero-order chi connectivity index (χ0) is 31.7. The predicted octanol–water partition coefficient (Wildman–Crippen LogP) is 3.91. The number of pyridine rings is 1. The van der Waals surface area contributed by atoms with Gasteiger partial charge in [0.2, 0.25) is 5.95 Å². The molecule has 4 N–H and O–H groups in total. The lowest BCUT2D eigenvalue weighted by atomic mass is 9.73. The second kappa shape index (κ2) is 13.5. The van der Waals surface area contributed by atoms with Crippen molar-refractivity contribution in [2.24, 2.45) is 11.1 Å². The number of hydrogen-bond donors (Lipinski definition) is 3. The first-order chi connectivity index (χ1) is 21.7. The fourth-order valence-electron chi connectivity index (χ4n) is 6.34. The Morgan fingerprint density at radius 1 is 1.18 bits per heavy atom. The van der Waals surface area contributed by atoms with Gasteiger partial charge in [0.25, 0.3) is 0 Å². The molecule has 0 aromatic carbocycles. The van der Waals surface area contributed by atoms with E-state index in [-0.39, 0.29) is 30.7 Å². The number of rotatable bonds is 8. The third-order valence-corrected chi connectivity index (χ3v) is 10.8. The average molecular weight is 660 g/mol. The molecule has 6 heterocycles. The first-order valence-electron chi connectivity index (χ1n) is 15.2. The van der Waals surface area contributed by atoms with Crippen LogP contribution in [0.5, 0.6) is 0 Å². The molecule has 45 heavy (non-hydrogen) atoms. The Bertz CT molecular complexity index is 1520. The van der Waals surface area contributed by atoms with Gasteiger partial charge >= 0.3 is 0 Å². The third-order valence-electron chi connectivity index (χ3n) is 9.15. The second-order valence-electron chi connectivity index (χ2n) is 11.9. The number of ether oxygens (including phenoxy) is 2. The monoisotopic (exact) mass is 659 g/mol. The Kier molecular flexibility index (Phi) is 9.60. The van der Waals surface area contributed by atoms with Crippen molar-refractivity contribution in [3.05, 3.63) is 40.9 Å². The van der Waals surface area contributed by atoms with Crippen LogP contribution in [-0.2, 0) is 16.1 Å². The summed E-state index contributed by atoms with van der Waals surface area (Å²) in [6.07, 6.45) is 4.13. The highest BCUT2D eigenvalue weighted by Gasteiger charge is 2.47. The van der Waals surface area contributed by atoms with Gasteiger partial charge in [0.1, 0.15) is 22.7 Å². The molecular formula is C30H39ClFN9O3S. The van der Waals surface area contributed by atoms with Crippen LogP contribution in [0.15, 0.2) is 34.4 Å². The molecule has 3 saturated heterocycles. The Morgan fingerprint density at radius 3 is 2.64 bits per heavy atom. The van der Waals surface area contributed by atoms with E-state index in [4.69, 9.17) is 36.8 Å². The minimum atomic E-state index is -1.12. The van der Waals surface area contributed by atoms with Gasteiger partial charge in [-0.1, -0.05) is 23.4 Å². The van der Waals surface area contributed by atoms with Crippen molar-refractivity contribution in [1.29, 1.82) is 0 Å². The molecule has 6 rings (SSSR count). The van der Waals surface area contributed by atoms with Gasteiger partial charge in [-0.05, 0) is 45.2 Å². The lowest BCUT2D eigenvalue weighted by Crippen LogP contribution is -2.51. The summed E-state index contributed by atoms with van der Waals surface area (Å²) in [7, 11) is 1.53. The van der Waals surface area contributed by atoms with E-state index in [1.807, 2.05) is 13.8 Å². The van der Waals surface area contributed by atoms with Crippen LogP contribution in [0.3, 0.4) is 0 Å². The van der Waals surface area contributed by atoms with Gasteiger partial charge in [0.15, 0.2) is 11.6 Å². The molecule has 0 bridgehead atoms. The molecule has 4 atom stereocenters. The minimum Gasteiger partial charge on any atom is -0.390 e. The number of halogens is 2. The number of alkyl halides is 1. The van der Waals surface area contributed by atoms with E-state index in [9.17, 15) is 9.50 Å². The third kappa shape index (κ3) is 6.54. The number of nitrogens with two attached hydrogens (primary N) is 1. The van der Waals surface area contributed by atoms with E-state index in [1.165, 1.54) is 18.9 Å². The van der Waals surface area contributed by atoms with Crippen LogP contribution in [0.25, 0.3) is 0 Å². The number of piperidine rings is 2. The Hall–Kier alpha value is -2.88.